The molecule has 1 heterocycles. The standard InChI is InChI=1S/C14H27N3O2/c1-9(2)8-11(13(18)15-4)17-14(19)12-10(3)6-5-7-16-12/h9-12,16H,5-8H2,1-4H3,(H,15,18)(H,17,19). The van der Waals surface area contributed by atoms with E-state index in [4.69, 9.17) is 0 Å². The molecule has 2 amide bonds. The lowest BCUT2D eigenvalue weighted by Gasteiger charge is -2.30. The van der Waals surface area contributed by atoms with Crippen LogP contribution >= 0.6 is 0 Å². The van der Waals surface area contributed by atoms with Crippen molar-refractivity contribution in [3.05, 3.63) is 0 Å². The zero-order chi connectivity index (χ0) is 14.4. The molecule has 1 saturated heterocycles. The normalized spacial score (nSPS) is 24.9. The van der Waals surface area contributed by atoms with Crippen LogP contribution in [0.15, 0.2) is 0 Å². The Morgan fingerprint density at radius 1 is 1.37 bits per heavy atom. The summed E-state index contributed by atoms with van der Waals surface area (Å²) in [7, 11) is 1.60. The number of amides is 2. The minimum absolute atomic E-state index is 0.0542. The molecule has 5 nitrogen and oxygen atoms in total. The SMILES string of the molecule is CNC(=O)C(CC(C)C)NC(=O)C1NCCCC1C. The van der Waals surface area contributed by atoms with Gasteiger partial charge in [-0.1, -0.05) is 20.8 Å². The minimum atomic E-state index is -0.437. The van der Waals surface area contributed by atoms with Crippen LogP contribution in [-0.4, -0.2) is 37.5 Å². The molecule has 0 spiro atoms. The third kappa shape index (κ3) is 4.82. The van der Waals surface area contributed by atoms with Crippen LogP contribution in [0.5, 0.6) is 0 Å². The molecule has 3 atom stereocenters. The van der Waals surface area contributed by atoms with E-state index in [0.29, 0.717) is 18.3 Å². The molecule has 3 unspecified atom stereocenters. The first-order chi connectivity index (χ1) is 8.95. The zero-order valence-corrected chi connectivity index (χ0v) is 12.5. The van der Waals surface area contributed by atoms with Crippen LogP contribution in [-0.2, 0) is 9.59 Å². The number of carbonyl (C=O) groups is 2. The fourth-order valence-corrected chi connectivity index (χ4v) is 2.54. The smallest absolute Gasteiger partial charge is 0.242 e. The van der Waals surface area contributed by atoms with Crippen molar-refractivity contribution in [3.63, 3.8) is 0 Å². The molecule has 0 aliphatic carbocycles. The highest BCUT2D eigenvalue weighted by Gasteiger charge is 2.30. The van der Waals surface area contributed by atoms with Crippen LogP contribution < -0.4 is 16.0 Å². The van der Waals surface area contributed by atoms with E-state index in [1.807, 2.05) is 13.8 Å². The van der Waals surface area contributed by atoms with Gasteiger partial charge in [-0.3, -0.25) is 9.59 Å². The Morgan fingerprint density at radius 3 is 2.58 bits per heavy atom. The topological polar surface area (TPSA) is 70.2 Å². The van der Waals surface area contributed by atoms with Crippen LogP contribution in [0.3, 0.4) is 0 Å². The van der Waals surface area contributed by atoms with E-state index in [1.165, 1.54) is 0 Å². The molecule has 0 bridgehead atoms. The number of carbonyl (C=O) groups excluding carboxylic acids is 2. The molecule has 1 fully saturated rings. The molecular formula is C14H27N3O2. The maximum atomic E-state index is 12.3. The van der Waals surface area contributed by atoms with Gasteiger partial charge >= 0.3 is 0 Å². The maximum absolute atomic E-state index is 12.3. The first kappa shape index (κ1) is 16.0. The largest absolute Gasteiger partial charge is 0.357 e. The second-order valence-corrected chi connectivity index (χ2v) is 5.86. The molecule has 0 aromatic carbocycles. The molecule has 0 aromatic heterocycles. The van der Waals surface area contributed by atoms with Crippen molar-refractivity contribution in [2.24, 2.45) is 11.8 Å². The Kier molecular flexibility index (Phi) is 6.28. The summed E-state index contributed by atoms with van der Waals surface area (Å²) in [5.74, 6) is 0.504. The summed E-state index contributed by atoms with van der Waals surface area (Å²) in [5.41, 5.74) is 0. The summed E-state index contributed by atoms with van der Waals surface area (Å²) in [6.07, 6.45) is 2.82. The number of nitrogens with one attached hydrogen (secondary N) is 3. The number of rotatable bonds is 5. The van der Waals surface area contributed by atoms with Gasteiger partial charge in [-0.15, -0.1) is 0 Å². The van der Waals surface area contributed by atoms with E-state index in [0.717, 1.165) is 19.4 Å². The van der Waals surface area contributed by atoms with Gasteiger partial charge in [0.15, 0.2) is 0 Å². The van der Waals surface area contributed by atoms with E-state index >= 15 is 0 Å². The summed E-state index contributed by atoms with van der Waals surface area (Å²) in [6, 6.07) is -0.610. The van der Waals surface area contributed by atoms with E-state index in [2.05, 4.69) is 22.9 Å². The fraction of sp³-hybridized carbons (Fsp3) is 0.857. The van der Waals surface area contributed by atoms with E-state index in [9.17, 15) is 9.59 Å². The van der Waals surface area contributed by atoms with Crippen molar-refractivity contribution < 1.29 is 9.59 Å². The molecule has 5 heteroatoms. The second-order valence-electron chi connectivity index (χ2n) is 5.86. The lowest BCUT2D eigenvalue weighted by Crippen LogP contribution is -2.56. The van der Waals surface area contributed by atoms with Crippen molar-refractivity contribution in [2.75, 3.05) is 13.6 Å². The minimum Gasteiger partial charge on any atom is -0.357 e. The van der Waals surface area contributed by atoms with E-state index in [1.54, 1.807) is 7.05 Å². The molecule has 0 radical (unpaired) electrons. The summed E-state index contributed by atoms with van der Waals surface area (Å²) in [4.78, 5) is 24.1. The van der Waals surface area contributed by atoms with Gasteiger partial charge in [0.25, 0.3) is 0 Å². The highest BCUT2D eigenvalue weighted by atomic mass is 16.2. The Hall–Kier alpha value is -1.10. The van der Waals surface area contributed by atoms with Gasteiger partial charge in [0, 0.05) is 7.05 Å². The second kappa shape index (κ2) is 7.48. The maximum Gasteiger partial charge on any atom is 0.242 e. The van der Waals surface area contributed by atoms with Gasteiger partial charge in [0.1, 0.15) is 6.04 Å². The molecule has 1 rings (SSSR count). The third-order valence-corrected chi connectivity index (χ3v) is 3.64. The highest BCUT2D eigenvalue weighted by Crippen LogP contribution is 2.16. The van der Waals surface area contributed by atoms with Crippen LogP contribution in [0.1, 0.15) is 40.0 Å². The predicted octanol–water partition coefficient (Wildman–Crippen LogP) is 0.651. The Bertz CT molecular complexity index is 318. The molecule has 110 valence electrons. The Labute approximate surface area is 115 Å². The molecule has 1 aliphatic heterocycles. The third-order valence-electron chi connectivity index (χ3n) is 3.64. The summed E-state index contributed by atoms with van der Waals surface area (Å²) in [5, 5.41) is 8.74. The van der Waals surface area contributed by atoms with Gasteiger partial charge in [-0.2, -0.15) is 0 Å². The molecule has 19 heavy (non-hydrogen) atoms. The van der Waals surface area contributed by atoms with Crippen molar-refractivity contribution >= 4 is 11.8 Å². The van der Waals surface area contributed by atoms with Crippen molar-refractivity contribution in [2.45, 2.75) is 52.1 Å². The average Bonchev–Trinajstić information content (AvgIpc) is 2.36. The van der Waals surface area contributed by atoms with Gasteiger partial charge < -0.3 is 16.0 Å². The van der Waals surface area contributed by atoms with E-state index < -0.39 is 6.04 Å². The van der Waals surface area contributed by atoms with Crippen molar-refractivity contribution in [3.8, 4) is 0 Å². The Morgan fingerprint density at radius 2 is 2.05 bits per heavy atom. The number of hydrogen-bond donors (Lipinski definition) is 3. The molecule has 1 aliphatic rings. The summed E-state index contributed by atoms with van der Waals surface area (Å²) < 4.78 is 0. The zero-order valence-electron chi connectivity index (χ0n) is 12.5. The van der Waals surface area contributed by atoms with Crippen molar-refractivity contribution in [1.29, 1.82) is 0 Å². The van der Waals surface area contributed by atoms with Gasteiger partial charge in [-0.25, -0.2) is 0 Å². The monoisotopic (exact) mass is 269 g/mol. The molecular weight excluding hydrogens is 242 g/mol. The number of piperidine rings is 1. The first-order valence-electron chi connectivity index (χ1n) is 7.21. The first-order valence-corrected chi connectivity index (χ1v) is 7.21. The molecule has 0 aromatic rings. The van der Waals surface area contributed by atoms with Crippen LogP contribution in [0, 0.1) is 11.8 Å². The fourth-order valence-electron chi connectivity index (χ4n) is 2.54. The molecule has 0 saturated carbocycles. The lowest BCUT2D eigenvalue weighted by molar-refractivity contribution is -0.131. The predicted molar refractivity (Wildman–Crippen MR) is 75.6 cm³/mol. The summed E-state index contributed by atoms with van der Waals surface area (Å²) >= 11 is 0. The average molecular weight is 269 g/mol. The number of likely N-dealkylation sites (N-methyl/N-ethyl adjacent to an activating group) is 1. The lowest BCUT2D eigenvalue weighted by atomic mass is 9.91. The van der Waals surface area contributed by atoms with Crippen LogP contribution in [0.25, 0.3) is 0 Å². The number of hydrogen-bond acceptors (Lipinski definition) is 3. The van der Waals surface area contributed by atoms with Crippen molar-refractivity contribution in [1.82, 2.24) is 16.0 Å². The highest BCUT2D eigenvalue weighted by molar-refractivity contribution is 5.89. The summed E-state index contributed by atoms with van der Waals surface area (Å²) in [6.45, 7) is 7.04. The van der Waals surface area contributed by atoms with Crippen LogP contribution in [0.2, 0.25) is 0 Å². The van der Waals surface area contributed by atoms with E-state index in [-0.39, 0.29) is 17.9 Å². The molecule has 3 N–H and O–H groups in total. The van der Waals surface area contributed by atoms with Gasteiger partial charge in [0.2, 0.25) is 11.8 Å². The quantitative estimate of drug-likeness (QED) is 0.686. The van der Waals surface area contributed by atoms with Crippen LogP contribution in [0.4, 0.5) is 0 Å². The van der Waals surface area contributed by atoms with Gasteiger partial charge in [-0.05, 0) is 37.6 Å². The van der Waals surface area contributed by atoms with Gasteiger partial charge in [0.05, 0.1) is 6.04 Å². The Balaban J connectivity index is 2.61.